The molecule has 1 aliphatic carbocycles. The van der Waals surface area contributed by atoms with Gasteiger partial charge in [0.25, 0.3) is 5.91 Å². The molecule has 0 spiro atoms. The molecule has 170 valence electrons. The van der Waals surface area contributed by atoms with Gasteiger partial charge in [0.1, 0.15) is 6.33 Å². The Morgan fingerprint density at radius 3 is 2.33 bits per heavy atom. The molecule has 0 aliphatic heterocycles. The van der Waals surface area contributed by atoms with E-state index < -0.39 is 23.2 Å². The molecule has 1 aliphatic rings. The Bertz CT molecular complexity index is 1230. The van der Waals surface area contributed by atoms with E-state index in [-0.39, 0.29) is 33.0 Å². The number of methoxy groups -OCH3 is 2. The fourth-order valence-corrected chi connectivity index (χ4v) is 4.12. The SMILES string of the molecule is COc1ncnc(OC)c1C(=O)Nc1nc(C(F)(F)F)c(-c2ccc(C3(C#N)CC3)cn2)s1. The molecule has 1 amide bonds. The van der Waals surface area contributed by atoms with Crippen molar-refractivity contribution in [2.45, 2.75) is 24.4 Å². The molecule has 1 saturated carbocycles. The third-order valence-electron chi connectivity index (χ3n) is 5.02. The van der Waals surface area contributed by atoms with Gasteiger partial charge < -0.3 is 9.47 Å². The van der Waals surface area contributed by atoms with E-state index in [0.29, 0.717) is 29.7 Å². The number of nitriles is 1. The number of rotatable bonds is 6. The zero-order valence-corrected chi connectivity index (χ0v) is 18.0. The van der Waals surface area contributed by atoms with E-state index in [1.54, 1.807) is 6.07 Å². The van der Waals surface area contributed by atoms with E-state index in [2.05, 4.69) is 31.3 Å². The standard InChI is InChI=1S/C20H15F3N6O3S/c1-31-16-12(17(32-2)27-9-26-16)15(30)29-18-28-14(20(21,22)23)13(33-18)11-4-3-10(7-25-11)19(8-24)5-6-19/h3-4,7,9H,5-6H2,1-2H3,(H,28,29,30). The fraction of sp³-hybridized carbons (Fsp3) is 0.300. The zero-order chi connectivity index (χ0) is 23.8. The number of aromatic nitrogens is 4. The van der Waals surface area contributed by atoms with Crippen LogP contribution in [-0.2, 0) is 11.6 Å². The van der Waals surface area contributed by atoms with Crippen LogP contribution in [0.15, 0.2) is 24.7 Å². The molecular weight excluding hydrogens is 461 g/mol. The van der Waals surface area contributed by atoms with Gasteiger partial charge in [-0.05, 0) is 24.5 Å². The van der Waals surface area contributed by atoms with Crippen LogP contribution in [-0.4, -0.2) is 40.1 Å². The van der Waals surface area contributed by atoms with E-state index in [4.69, 9.17) is 9.47 Å². The van der Waals surface area contributed by atoms with Crippen LogP contribution >= 0.6 is 11.3 Å². The number of ether oxygens (including phenoxy) is 2. The summed E-state index contributed by atoms with van der Waals surface area (Å²) in [5.74, 6) is -1.09. The zero-order valence-electron chi connectivity index (χ0n) is 17.2. The Labute approximate surface area is 189 Å². The lowest BCUT2D eigenvalue weighted by Gasteiger charge is -2.09. The lowest BCUT2D eigenvalue weighted by molar-refractivity contribution is -0.140. The number of carbonyl (C=O) groups excluding carboxylic acids is 1. The molecule has 3 aromatic heterocycles. The number of anilines is 1. The minimum absolute atomic E-state index is 0.0241. The predicted octanol–water partition coefficient (Wildman–Crippen LogP) is 3.84. The molecule has 0 aromatic carbocycles. The minimum Gasteiger partial charge on any atom is -0.480 e. The van der Waals surface area contributed by atoms with Gasteiger partial charge in [-0.1, -0.05) is 17.4 Å². The van der Waals surface area contributed by atoms with Gasteiger partial charge in [0.2, 0.25) is 11.8 Å². The number of amides is 1. The smallest absolute Gasteiger partial charge is 0.434 e. The lowest BCUT2D eigenvalue weighted by atomic mass is 9.99. The molecule has 1 N–H and O–H groups in total. The van der Waals surface area contributed by atoms with Crippen molar-refractivity contribution in [1.82, 2.24) is 19.9 Å². The third-order valence-corrected chi connectivity index (χ3v) is 6.01. The summed E-state index contributed by atoms with van der Waals surface area (Å²) in [5.41, 5.74) is -1.31. The predicted molar refractivity (Wildman–Crippen MR) is 110 cm³/mol. The molecule has 4 rings (SSSR count). The number of alkyl halides is 3. The van der Waals surface area contributed by atoms with Crippen LogP contribution in [0.4, 0.5) is 18.3 Å². The summed E-state index contributed by atoms with van der Waals surface area (Å²) in [5, 5.41) is 11.3. The second-order valence-corrected chi connectivity index (χ2v) is 8.04. The maximum atomic E-state index is 13.7. The molecule has 3 heterocycles. The first kappa shape index (κ1) is 22.4. The number of hydrogen-bond acceptors (Lipinski definition) is 9. The number of pyridine rings is 1. The number of hydrogen-bond donors (Lipinski definition) is 1. The monoisotopic (exact) mass is 476 g/mol. The van der Waals surface area contributed by atoms with Gasteiger partial charge >= 0.3 is 6.18 Å². The van der Waals surface area contributed by atoms with E-state index >= 15 is 0 Å². The summed E-state index contributed by atoms with van der Waals surface area (Å²) in [6, 6.07) is 5.22. The van der Waals surface area contributed by atoms with Crippen molar-refractivity contribution in [1.29, 1.82) is 5.26 Å². The highest BCUT2D eigenvalue weighted by molar-refractivity contribution is 7.19. The van der Waals surface area contributed by atoms with Gasteiger partial charge in [0.05, 0.1) is 36.3 Å². The van der Waals surface area contributed by atoms with Crippen molar-refractivity contribution < 1.29 is 27.4 Å². The van der Waals surface area contributed by atoms with E-state index in [1.807, 2.05) is 0 Å². The first-order valence-corrected chi connectivity index (χ1v) is 10.2. The second kappa shape index (κ2) is 8.28. The summed E-state index contributed by atoms with van der Waals surface area (Å²) < 4.78 is 51.1. The molecule has 0 atom stereocenters. The Balaban J connectivity index is 1.68. The Hall–Kier alpha value is -3.79. The Kier molecular flexibility index (Phi) is 5.62. The highest BCUT2D eigenvalue weighted by atomic mass is 32.1. The summed E-state index contributed by atoms with van der Waals surface area (Å²) in [6.07, 6.45) is -0.896. The van der Waals surface area contributed by atoms with Crippen molar-refractivity contribution >= 4 is 22.4 Å². The third kappa shape index (κ3) is 4.17. The fourth-order valence-electron chi connectivity index (χ4n) is 3.16. The van der Waals surface area contributed by atoms with Crippen molar-refractivity contribution in [3.63, 3.8) is 0 Å². The number of nitrogens with zero attached hydrogens (tertiary/aromatic N) is 5. The Morgan fingerprint density at radius 1 is 1.18 bits per heavy atom. The molecule has 3 aromatic rings. The normalized spacial score (nSPS) is 14.3. The van der Waals surface area contributed by atoms with Crippen LogP contribution in [0.2, 0.25) is 0 Å². The van der Waals surface area contributed by atoms with Crippen LogP contribution in [0.5, 0.6) is 11.8 Å². The number of nitrogens with one attached hydrogen (secondary N) is 1. The summed E-state index contributed by atoms with van der Waals surface area (Å²) >= 11 is 0.611. The molecule has 0 bridgehead atoms. The van der Waals surface area contributed by atoms with Crippen molar-refractivity contribution in [2.75, 3.05) is 19.5 Å². The number of carbonyl (C=O) groups is 1. The molecule has 13 heteroatoms. The maximum Gasteiger partial charge on any atom is 0.434 e. The van der Waals surface area contributed by atoms with Gasteiger partial charge in [0.15, 0.2) is 16.4 Å². The highest BCUT2D eigenvalue weighted by Crippen LogP contribution is 2.48. The highest BCUT2D eigenvalue weighted by Gasteiger charge is 2.45. The minimum atomic E-state index is -4.79. The largest absolute Gasteiger partial charge is 0.480 e. The number of thiazole rings is 1. The van der Waals surface area contributed by atoms with E-state index in [9.17, 15) is 23.2 Å². The Morgan fingerprint density at radius 2 is 1.85 bits per heavy atom. The molecule has 1 fully saturated rings. The summed E-state index contributed by atoms with van der Waals surface area (Å²) in [7, 11) is 2.55. The first-order valence-electron chi connectivity index (χ1n) is 9.43. The van der Waals surface area contributed by atoms with Gasteiger partial charge in [-0.3, -0.25) is 15.1 Å². The first-order chi connectivity index (χ1) is 15.7. The second-order valence-electron chi connectivity index (χ2n) is 7.04. The maximum absolute atomic E-state index is 13.7. The molecule has 0 radical (unpaired) electrons. The van der Waals surface area contributed by atoms with E-state index in [1.165, 1.54) is 26.5 Å². The van der Waals surface area contributed by atoms with Crippen molar-refractivity contribution in [2.24, 2.45) is 0 Å². The van der Waals surface area contributed by atoms with Gasteiger partial charge in [0, 0.05) is 6.20 Å². The summed E-state index contributed by atoms with van der Waals surface area (Å²) in [6.45, 7) is 0. The quantitative estimate of drug-likeness (QED) is 0.569. The lowest BCUT2D eigenvalue weighted by Crippen LogP contribution is -2.16. The molecule has 0 unspecified atom stereocenters. The van der Waals surface area contributed by atoms with E-state index in [0.717, 1.165) is 6.33 Å². The van der Waals surface area contributed by atoms with Gasteiger partial charge in [-0.2, -0.15) is 18.4 Å². The average molecular weight is 476 g/mol. The topological polar surface area (TPSA) is 123 Å². The number of halogens is 3. The van der Waals surface area contributed by atoms with Crippen molar-refractivity contribution in [3.8, 4) is 28.4 Å². The van der Waals surface area contributed by atoms with Crippen molar-refractivity contribution in [3.05, 3.63) is 41.5 Å². The molecule has 33 heavy (non-hydrogen) atoms. The molecule has 0 saturated heterocycles. The summed E-state index contributed by atoms with van der Waals surface area (Å²) in [4.78, 5) is 27.8. The van der Waals surface area contributed by atoms with Crippen LogP contribution in [0, 0.1) is 11.3 Å². The van der Waals surface area contributed by atoms with Crippen LogP contribution < -0.4 is 14.8 Å². The molecular formula is C20H15F3N6O3S. The van der Waals surface area contributed by atoms with Gasteiger partial charge in [-0.25, -0.2) is 15.0 Å². The van der Waals surface area contributed by atoms with Gasteiger partial charge in [-0.15, -0.1) is 0 Å². The molecule has 9 nitrogen and oxygen atoms in total. The average Bonchev–Trinajstić information content (AvgIpc) is 3.50. The van der Waals surface area contributed by atoms with Crippen LogP contribution in [0.3, 0.4) is 0 Å². The van der Waals surface area contributed by atoms with Crippen LogP contribution in [0.1, 0.15) is 34.5 Å². The van der Waals surface area contributed by atoms with Crippen LogP contribution in [0.25, 0.3) is 10.6 Å².